The van der Waals surface area contributed by atoms with Crippen LogP contribution in [0.3, 0.4) is 0 Å². The first-order chi connectivity index (χ1) is 12.4. The molecule has 26 heavy (non-hydrogen) atoms. The summed E-state index contributed by atoms with van der Waals surface area (Å²) in [4.78, 5) is 0.302. The largest absolute Gasteiger partial charge is 0.356 e. The van der Waals surface area contributed by atoms with Crippen molar-refractivity contribution in [2.75, 3.05) is 6.54 Å². The van der Waals surface area contributed by atoms with Gasteiger partial charge in [-0.25, -0.2) is 8.42 Å². The van der Waals surface area contributed by atoms with E-state index in [2.05, 4.69) is 5.16 Å². The Labute approximate surface area is 157 Å². The van der Waals surface area contributed by atoms with Gasteiger partial charge in [0.15, 0.2) is 5.76 Å². The number of nitrogens with zero attached hydrogens (tertiary/aromatic N) is 2. The summed E-state index contributed by atoms with van der Waals surface area (Å²) >= 11 is 5.94. The summed E-state index contributed by atoms with van der Waals surface area (Å²) in [5.74, 6) is 0.598. The fraction of sp³-hybridized carbons (Fsp3) is 0.211. The number of hydrogen-bond acceptors (Lipinski definition) is 4. The third-order valence-electron chi connectivity index (χ3n) is 4.57. The molecule has 4 rings (SSSR count). The first kappa shape index (κ1) is 17.3. The molecule has 0 bridgehead atoms. The molecule has 1 aliphatic heterocycles. The highest BCUT2D eigenvalue weighted by molar-refractivity contribution is 7.89. The molecular formula is C19H17ClN2O3S. The van der Waals surface area contributed by atoms with E-state index in [4.69, 9.17) is 16.1 Å². The van der Waals surface area contributed by atoms with E-state index in [1.54, 1.807) is 36.4 Å². The van der Waals surface area contributed by atoms with Crippen LogP contribution in [0, 0.1) is 6.92 Å². The topological polar surface area (TPSA) is 63.4 Å². The van der Waals surface area contributed by atoms with Crippen LogP contribution in [0.4, 0.5) is 0 Å². The lowest BCUT2D eigenvalue weighted by Crippen LogP contribution is -2.35. The second-order valence-corrected chi connectivity index (χ2v) is 8.72. The highest BCUT2D eigenvalue weighted by Gasteiger charge is 2.32. The molecule has 0 saturated carbocycles. The van der Waals surface area contributed by atoms with Crippen LogP contribution < -0.4 is 0 Å². The number of halogens is 1. The molecule has 0 atom stereocenters. The van der Waals surface area contributed by atoms with Gasteiger partial charge in [0.2, 0.25) is 10.0 Å². The number of aromatic nitrogens is 1. The van der Waals surface area contributed by atoms with E-state index in [1.165, 1.54) is 4.31 Å². The Hall–Kier alpha value is -2.15. The first-order valence-electron chi connectivity index (χ1n) is 8.25. The molecule has 7 heteroatoms. The Balaban J connectivity index is 1.68. The third kappa shape index (κ3) is 3.05. The number of aryl methyl sites for hydroxylation is 1. The van der Waals surface area contributed by atoms with Crippen molar-refractivity contribution < 1.29 is 12.9 Å². The van der Waals surface area contributed by atoms with Crippen LogP contribution in [0.5, 0.6) is 0 Å². The maximum atomic E-state index is 13.0. The molecule has 0 fully saturated rings. The minimum Gasteiger partial charge on any atom is -0.356 e. The summed E-state index contributed by atoms with van der Waals surface area (Å²) < 4.78 is 33.0. The summed E-state index contributed by atoms with van der Waals surface area (Å²) in [6, 6.07) is 14.1. The van der Waals surface area contributed by atoms with Gasteiger partial charge in [0.05, 0.1) is 10.6 Å². The summed E-state index contributed by atoms with van der Waals surface area (Å²) in [5.41, 5.74) is 3.48. The number of rotatable bonds is 3. The van der Waals surface area contributed by atoms with Gasteiger partial charge < -0.3 is 4.52 Å². The predicted molar refractivity (Wildman–Crippen MR) is 99.4 cm³/mol. The summed E-state index contributed by atoms with van der Waals surface area (Å²) in [6.45, 7) is 2.56. The summed E-state index contributed by atoms with van der Waals surface area (Å²) in [7, 11) is -3.56. The van der Waals surface area contributed by atoms with E-state index in [0.717, 1.165) is 22.4 Å². The Morgan fingerprint density at radius 2 is 1.77 bits per heavy atom. The molecule has 134 valence electrons. The van der Waals surface area contributed by atoms with Crippen LogP contribution >= 0.6 is 11.6 Å². The average molecular weight is 389 g/mol. The van der Waals surface area contributed by atoms with Gasteiger partial charge in [0, 0.05) is 35.7 Å². The minimum absolute atomic E-state index is 0.243. The molecule has 0 radical (unpaired) electrons. The van der Waals surface area contributed by atoms with E-state index < -0.39 is 10.0 Å². The van der Waals surface area contributed by atoms with Gasteiger partial charge in [-0.05, 0) is 43.3 Å². The van der Waals surface area contributed by atoms with Crippen LogP contribution in [0.1, 0.15) is 16.8 Å². The van der Waals surface area contributed by atoms with Crippen molar-refractivity contribution in [1.29, 1.82) is 0 Å². The van der Waals surface area contributed by atoms with Gasteiger partial charge in [-0.2, -0.15) is 4.31 Å². The van der Waals surface area contributed by atoms with Crippen molar-refractivity contribution in [2.45, 2.75) is 24.8 Å². The van der Waals surface area contributed by atoms with Crippen molar-refractivity contribution in [1.82, 2.24) is 9.46 Å². The van der Waals surface area contributed by atoms with Gasteiger partial charge in [-0.15, -0.1) is 0 Å². The van der Waals surface area contributed by atoms with Gasteiger partial charge in [-0.1, -0.05) is 34.5 Å². The van der Waals surface area contributed by atoms with Crippen LogP contribution in [-0.2, 0) is 23.0 Å². The number of benzene rings is 2. The molecule has 1 aliphatic rings. The molecule has 1 aromatic heterocycles. The Morgan fingerprint density at radius 3 is 2.46 bits per heavy atom. The highest BCUT2D eigenvalue weighted by Crippen LogP contribution is 2.33. The Kier molecular flexibility index (Phi) is 4.34. The zero-order valence-corrected chi connectivity index (χ0v) is 15.7. The van der Waals surface area contributed by atoms with Crippen LogP contribution in [0.2, 0.25) is 5.02 Å². The average Bonchev–Trinajstić information content (AvgIpc) is 3.06. The monoisotopic (exact) mass is 388 g/mol. The summed E-state index contributed by atoms with van der Waals surface area (Å²) in [6.07, 6.45) is 0.525. The second kappa shape index (κ2) is 6.54. The normalized spacial score (nSPS) is 15.0. The first-order valence-corrected chi connectivity index (χ1v) is 10.1. The quantitative estimate of drug-likeness (QED) is 0.679. The number of fused-ring (bicyclic) bond motifs is 1. The Bertz CT molecular complexity index is 1040. The fourth-order valence-electron chi connectivity index (χ4n) is 3.08. The van der Waals surface area contributed by atoms with Crippen molar-refractivity contribution >= 4 is 21.6 Å². The summed E-state index contributed by atoms with van der Waals surface area (Å²) in [5, 5.41) is 4.76. The number of hydrogen-bond donors (Lipinski definition) is 0. The molecule has 0 amide bonds. The lowest BCUT2D eigenvalue weighted by atomic mass is 10.0. The Morgan fingerprint density at radius 1 is 1.08 bits per heavy atom. The molecule has 0 unspecified atom stereocenters. The predicted octanol–water partition coefficient (Wildman–Crippen LogP) is 4.05. The van der Waals surface area contributed by atoms with E-state index in [-0.39, 0.29) is 6.54 Å². The maximum Gasteiger partial charge on any atom is 0.243 e. The van der Waals surface area contributed by atoms with Gasteiger partial charge in [-0.3, -0.25) is 0 Å². The van der Waals surface area contributed by atoms with Crippen LogP contribution in [0.25, 0.3) is 11.3 Å². The molecular weight excluding hydrogens is 372 g/mol. The smallest absolute Gasteiger partial charge is 0.243 e. The zero-order valence-electron chi connectivity index (χ0n) is 14.1. The van der Waals surface area contributed by atoms with Crippen molar-refractivity contribution in [2.24, 2.45) is 0 Å². The minimum atomic E-state index is -3.56. The number of sulfonamides is 1. The molecule has 2 aromatic carbocycles. The van der Waals surface area contributed by atoms with Crippen LogP contribution in [0.15, 0.2) is 57.9 Å². The van der Waals surface area contributed by atoms with E-state index in [1.807, 2.05) is 19.1 Å². The maximum absolute atomic E-state index is 13.0. The fourth-order valence-corrected chi connectivity index (χ4v) is 4.62. The molecule has 3 aromatic rings. The van der Waals surface area contributed by atoms with Gasteiger partial charge in [0.1, 0.15) is 0 Å². The third-order valence-corrected chi connectivity index (χ3v) is 6.68. The lowest BCUT2D eigenvalue weighted by Gasteiger charge is -2.25. The van der Waals surface area contributed by atoms with E-state index in [9.17, 15) is 8.42 Å². The second-order valence-electron chi connectivity index (χ2n) is 6.35. The molecule has 2 heterocycles. The molecule has 0 aliphatic carbocycles. The van der Waals surface area contributed by atoms with E-state index in [0.29, 0.717) is 28.6 Å². The molecule has 5 nitrogen and oxygen atoms in total. The van der Waals surface area contributed by atoms with Gasteiger partial charge >= 0.3 is 0 Å². The highest BCUT2D eigenvalue weighted by atomic mass is 35.5. The van der Waals surface area contributed by atoms with Crippen molar-refractivity contribution in [3.63, 3.8) is 0 Å². The van der Waals surface area contributed by atoms with Crippen molar-refractivity contribution in [3.05, 3.63) is 70.4 Å². The van der Waals surface area contributed by atoms with Crippen LogP contribution in [-0.4, -0.2) is 24.4 Å². The standard InChI is InChI=1S/C19H17ClN2O3S/c1-13-2-8-16(9-3-13)26(23,24)22-11-10-18-17(12-22)19(25-21-18)14-4-6-15(20)7-5-14/h2-9H,10-12H2,1H3. The molecule has 0 N–H and O–H groups in total. The molecule has 0 saturated heterocycles. The van der Waals surface area contributed by atoms with Crippen molar-refractivity contribution in [3.8, 4) is 11.3 Å². The van der Waals surface area contributed by atoms with Gasteiger partial charge in [0.25, 0.3) is 0 Å². The van der Waals surface area contributed by atoms with E-state index >= 15 is 0 Å². The SMILES string of the molecule is Cc1ccc(S(=O)(=O)N2CCc3noc(-c4ccc(Cl)cc4)c3C2)cc1. The zero-order chi connectivity index (χ0) is 18.3. The molecule has 0 spiro atoms. The lowest BCUT2D eigenvalue weighted by molar-refractivity contribution is 0.386.